The average Bonchev–Trinajstić information content (AvgIpc) is 2.46. The molecule has 0 fully saturated rings. The molecule has 3 unspecified atom stereocenters. The molecule has 0 aromatic heterocycles. The zero-order valence-corrected chi connectivity index (χ0v) is 12.2. The van der Waals surface area contributed by atoms with Gasteiger partial charge in [0.25, 0.3) is 0 Å². The predicted octanol–water partition coefficient (Wildman–Crippen LogP) is 3.54. The maximum Gasteiger partial charge on any atom is 0.0592 e. The third-order valence-corrected chi connectivity index (χ3v) is 5.28. The van der Waals surface area contributed by atoms with Gasteiger partial charge in [0.05, 0.1) is 26.0 Å². The van der Waals surface area contributed by atoms with Crippen LogP contribution in [-0.2, 0) is 10.8 Å². The zero-order chi connectivity index (χ0) is 13.8. The second-order valence-corrected chi connectivity index (χ2v) is 6.55. The van der Waals surface area contributed by atoms with E-state index < -0.39 is 10.8 Å². The molecule has 2 nitrogen and oxygen atoms in total. The van der Waals surface area contributed by atoms with Crippen LogP contribution in [0, 0.1) is 0 Å². The molecule has 19 heavy (non-hydrogen) atoms. The third-order valence-electron chi connectivity index (χ3n) is 3.08. The molecule has 2 aromatic carbocycles. The van der Waals surface area contributed by atoms with Crippen LogP contribution >= 0.6 is 11.6 Å². The molecule has 0 aliphatic heterocycles. The van der Waals surface area contributed by atoms with Gasteiger partial charge in [-0.1, -0.05) is 54.1 Å². The average molecular weight is 294 g/mol. The van der Waals surface area contributed by atoms with Gasteiger partial charge in [-0.25, -0.2) is 0 Å². The minimum Gasteiger partial charge on any atom is -0.323 e. The van der Waals surface area contributed by atoms with Crippen molar-refractivity contribution in [3.8, 4) is 0 Å². The number of benzene rings is 2. The molecule has 0 aliphatic rings. The summed E-state index contributed by atoms with van der Waals surface area (Å²) < 4.78 is 12.5. The topological polar surface area (TPSA) is 43.1 Å². The zero-order valence-electron chi connectivity index (χ0n) is 10.6. The van der Waals surface area contributed by atoms with Crippen LogP contribution < -0.4 is 5.73 Å². The van der Waals surface area contributed by atoms with Crippen LogP contribution in [-0.4, -0.2) is 9.46 Å². The van der Waals surface area contributed by atoms with Crippen molar-refractivity contribution in [3.05, 3.63) is 65.2 Å². The lowest BCUT2D eigenvalue weighted by Gasteiger charge is -2.20. The van der Waals surface area contributed by atoms with Crippen LogP contribution in [0.1, 0.15) is 18.5 Å². The van der Waals surface area contributed by atoms with Gasteiger partial charge in [0.2, 0.25) is 0 Å². The van der Waals surface area contributed by atoms with Crippen molar-refractivity contribution in [2.45, 2.75) is 23.1 Å². The quantitative estimate of drug-likeness (QED) is 0.937. The standard InChI is InChI=1S/C15H16ClNOS/c1-11(15(17)12-7-3-2-4-8-12)19(18)14-10-6-5-9-13(14)16/h2-11,15H,17H2,1H3. The van der Waals surface area contributed by atoms with Crippen LogP contribution in [0.2, 0.25) is 5.02 Å². The number of hydrogen-bond donors (Lipinski definition) is 1. The Morgan fingerprint density at radius 2 is 1.63 bits per heavy atom. The molecule has 3 atom stereocenters. The van der Waals surface area contributed by atoms with Crippen molar-refractivity contribution in [2.24, 2.45) is 5.73 Å². The van der Waals surface area contributed by atoms with E-state index in [0.717, 1.165) is 5.56 Å². The van der Waals surface area contributed by atoms with E-state index in [2.05, 4.69) is 0 Å². The Bertz CT molecular complexity index is 573. The van der Waals surface area contributed by atoms with Crippen LogP contribution in [0.25, 0.3) is 0 Å². The summed E-state index contributed by atoms with van der Waals surface area (Å²) in [6.07, 6.45) is 0. The molecule has 0 aliphatic carbocycles. The van der Waals surface area contributed by atoms with E-state index in [0.29, 0.717) is 9.92 Å². The fourth-order valence-electron chi connectivity index (χ4n) is 1.89. The smallest absolute Gasteiger partial charge is 0.0592 e. The fourth-order valence-corrected chi connectivity index (χ4v) is 3.55. The molecule has 0 amide bonds. The van der Waals surface area contributed by atoms with E-state index in [1.165, 1.54) is 0 Å². The van der Waals surface area contributed by atoms with Gasteiger partial charge in [-0.05, 0) is 24.6 Å². The Hall–Kier alpha value is -1.16. The summed E-state index contributed by atoms with van der Waals surface area (Å²) >= 11 is 6.08. The molecule has 0 spiro atoms. The minimum absolute atomic E-state index is 0.206. The molecule has 0 radical (unpaired) electrons. The molecule has 0 heterocycles. The first kappa shape index (κ1) is 14.3. The summed E-state index contributed by atoms with van der Waals surface area (Å²) in [5.41, 5.74) is 7.17. The van der Waals surface area contributed by atoms with Crippen molar-refractivity contribution in [2.75, 3.05) is 0 Å². The van der Waals surface area contributed by atoms with Crippen LogP contribution in [0.15, 0.2) is 59.5 Å². The Balaban J connectivity index is 2.23. The summed E-state index contributed by atoms with van der Waals surface area (Å²) in [6.45, 7) is 1.89. The van der Waals surface area contributed by atoms with Crippen molar-refractivity contribution >= 4 is 22.4 Å². The SMILES string of the molecule is CC(C(N)c1ccccc1)S(=O)c1ccccc1Cl. The minimum atomic E-state index is -1.23. The summed E-state index contributed by atoms with van der Waals surface area (Å²) in [5, 5.41) is 0.315. The molecule has 2 N–H and O–H groups in total. The van der Waals surface area contributed by atoms with Gasteiger partial charge in [-0.3, -0.25) is 4.21 Å². The Kier molecular flexibility index (Phi) is 4.75. The van der Waals surface area contributed by atoms with E-state index in [1.807, 2.05) is 49.4 Å². The molecule has 0 saturated carbocycles. The first-order valence-corrected chi connectivity index (χ1v) is 7.66. The van der Waals surface area contributed by atoms with Crippen molar-refractivity contribution in [3.63, 3.8) is 0 Å². The molecular weight excluding hydrogens is 278 g/mol. The van der Waals surface area contributed by atoms with E-state index in [9.17, 15) is 4.21 Å². The number of rotatable bonds is 4. The molecule has 2 aromatic rings. The first-order valence-electron chi connectivity index (χ1n) is 6.07. The van der Waals surface area contributed by atoms with E-state index in [4.69, 9.17) is 17.3 Å². The summed E-state index contributed by atoms with van der Waals surface area (Å²) in [6, 6.07) is 16.6. The lowest BCUT2D eigenvalue weighted by molar-refractivity contribution is 0.643. The van der Waals surface area contributed by atoms with Gasteiger partial charge in [-0.2, -0.15) is 0 Å². The molecular formula is C15H16ClNOS. The molecule has 2 rings (SSSR count). The maximum atomic E-state index is 12.5. The molecule has 100 valence electrons. The Morgan fingerprint density at radius 3 is 2.26 bits per heavy atom. The maximum absolute atomic E-state index is 12.5. The second kappa shape index (κ2) is 6.33. The van der Waals surface area contributed by atoms with Crippen molar-refractivity contribution in [1.82, 2.24) is 0 Å². The van der Waals surface area contributed by atoms with Gasteiger partial charge >= 0.3 is 0 Å². The van der Waals surface area contributed by atoms with Gasteiger partial charge in [0.1, 0.15) is 0 Å². The van der Waals surface area contributed by atoms with Crippen molar-refractivity contribution < 1.29 is 4.21 Å². The van der Waals surface area contributed by atoms with Gasteiger partial charge in [0, 0.05) is 6.04 Å². The molecule has 4 heteroatoms. The summed E-state index contributed by atoms with van der Waals surface area (Å²) in [7, 11) is -1.23. The number of nitrogens with two attached hydrogens (primary N) is 1. The van der Waals surface area contributed by atoms with Gasteiger partial charge < -0.3 is 5.73 Å². The molecule has 0 saturated heterocycles. The van der Waals surface area contributed by atoms with E-state index >= 15 is 0 Å². The highest BCUT2D eigenvalue weighted by Gasteiger charge is 2.23. The molecule has 0 bridgehead atoms. The Labute approximate surface area is 121 Å². The highest BCUT2D eigenvalue weighted by molar-refractivity contribution is 7.85. The van der Waals surface area contributed by atoms with Crippen LogP contribution in [0.4, 0.5) is 0 Å². The monoisotopic (exact) mass is 293 g/mol. The summed E-state index contributed by atoms with van der Waals surface area (Å²) in [4.78, 5) is 0.642. The highest BCUT2D eigenvalue weighted by Crippen LogP contribution is 2.26. The number of hydrogen-bond acceptors (Lipinski definition) is 2. The predicted molar refractivity (Wildman–Crippen MR) is 80.7 cm³/mol. The summed E-state index contributed by atoms with van der Waals surface area (Å²) in [5.74, 6) is 0. The van der Waals surface area contributed by atoms with Gasteiger partial charge in [0.15, 0.2) is 0 Å². The highest BCUT2D eigenvalue weighted by atomic mass is 35.5. The first-order chi connectivity index (χ1) is 9.11. The van der Waals surface area contributed by atoms with Crippen molar-refractivity contribution in [1.29, 1.82) is 0 Å². The lowest BCUT2D eigenvalue weighted by atomic mass is 10.1. The fraction of sp³-hybridized carbons (Fsp3) is 0.200. The van der Waals surface area contributed by atoms with Crippen LogP contribution in [0.5, 0.6) is 0 Å². The second-order valence-electron chi connectivity index (χ2n) is 4.37. The van der Waals surface area contributed by atoms with Gasteiger partial charge in [-0.15, -0.1) is 0 Å². The Morgan fingerprint density at radius 1 is 1.05 bits per heavy atom. The number of halogens is 1. The normalized spacial score (nSPS) is 15.7. The van der Waals surface area contributed by atoms with E-state index in [-0.39, 0.29) is 11.3 Å². The third kappa shape index (κ3) is 3.24. The largest absolute Gasteiger partial charge is 0.323 e. The van der Waals surface area contributed by atoms with Crippen LogP contribution in [0.3, 0.4) is 0 Å². The lowest BCUT2D eigenvalue weighted by Crippen LogP contribution is -2.27. The van der Waals surface area contributed by atoms with E-state index in [1.54, 1.807) is 12.1 Å².